The average molecular weight is 242 g/mol. The Morgan fingerprint density at radius 1 is 1.47 bits per heavy atom. The Kier molecular flexibility index (Phi) is 5.44. The van der Waals surface area contributed by atoms with Crippen LogP contribution in [0.25, 0.3) is 0 Å². The van der Waals surface area contributed by atoms with Gasteiger partial charge in [0.25, 0.3) is 0 Å². The Balaban J connectivity index is 2.48. The summed E-state index contributed by atoms with van der Waals surface area (Å²) in [4.78, 5) is 11.1. The minimum absolute atomic E-state index is 0.0548. The van der Waals surface area contributed by atoms with Crippen molar-refractivity contribution in [1.82, 2.24) is 0 Å². The summed E-state index contributed by atoms with van der Waals surface area (Å²) in [6.45, 7) is 7.86. The van der Waals surface area contributed by atoms with Gasteiger partial charge in [0.05, 0.1) is 11.7 Å². The van der Waals surface area contributed by atoms with Gasteiger partial charge in [-0.3, -0.25) is 4.79 Å². The summed E-state index contributed by atoms with van der Waals surface area (Å²) in [5.41, 5.74) is -0.0617. The predicted octanol–water partition coefficient (Wildman–Crippen LogP) is 3.46. The van der Waals surface area contributed by atoms with E-state index >= 15 is 0 Å². The first-order chi connectivity index (χ1) is 7.94. The van der Waals surface area contributed by atoms with Crippen LogP contribution in [0.2, 0.25) is 0 Å². The van der Waals surface area contributed by atoms with Crippen LogP contribution in [0.4, 0.5) is 0 Å². The number of carbonyl (C=O) groups is 1. The molecule has 3 nitrogen and oxygen atoms in total. The molecule has 0 amide bonds. The maximum Gasteiger partial charge on any atom is 0.302 e. The van der Waals surface area contributed by atoms with Gasteiger partial charge in [-0.05, 0) is 39.5 Å². The number of rotatable bonds is 6. The van der Waals surface area contributed by atoms with E-state index in [1.807, 2.05) is 0 Å². The number of ether oxygens (including phenoxy) is 2. The molecule has 0 saturated carbocycles. The largest absolute Gasteiger partial charge is 0.460 e. The summed E-state index contributed by atoms with van der Waals surface area (Å²) in [5.74, 6) is -0.195. The topological polar surface area (TPSA) is 35.5 Å². The molecule has 1 aliphatic heterocycles. The third kappa shape index (κ3) is 5.07. The maximum absolute atomic E-state index is 11.1. The third-order valence-electron chi connectivity index (χ3n) is 3.33. The molecule has 17 heavy (non-hydrogen) atoms. The highest BCUT2D eigenvalue weighted by atomic mass is 16.6. The number of unbranched alkanes of at least 4 members (excludes halogenated alkanes) is 2. The molecule has 1 aliphatic rings. The van der Waals surface area contributed by atoms with Gasteiger partial charge in [-0.15, -0.1) is 0 Å². The van der Waals surface area contributed by atoms with Crippen LogP contribution in [0, 0.1) is 0 Å². The molecule has 1 fully saturated rings. The molecular formula is C14H26O3. The van der Waals surface area contributed by atoms with Crippen molar-refractivity contribution in [2.45, 2.75) is 84.0 Å². The normalized spacial score (nSPS) is 24.6. The Labute approximate surface area is 105 Å². The van der Waals surface area contributed by atoms with Crippen molar-refractivity contribution < 1.29 is 14.3 Å². The van der Waals surface area contributed by atoms with Gasteiger partial charge in [-0.2, -0.15) is 0 Å². The lowest BCUT2D eigenvalue weighted by Gasteiger charge is -2.26. The smallest absolute Gasteiger partial charge is 0.302 e. The van der Waals surface area contributed by atoms with Crippen molar-refractivity contribution in [2.75, 3.05) is 0 Å². The molecule has 0 aromatic rings. The van der Waals surface area contributed by atoms with Gasteiger partial charge in [0, 0.05) is 6.92 Å². The molecule has 1 saturated heterocycles. The molecule has 2 atom stereocenters. The fourth-order valence-corrected chi connectivity index (χ4v) is 2.41. The monoisotopic (exact) mass is 242 g/mol. The summed E-state index contributed by atoms with van der Waals surface area (Å²) in [6.07, 6.45) is 6.48. The molecule has 0 aliphatic carbocycles. The molecule has 1 heterocycles. The van der Waals surface area contributed by atoms with Crippen LogP contribution in [-0.4, -0.2) is 23.8 Å². The van der Waals surface area contributed by atoms with Gasteiger partial charge in [0.1, 0.15) is 6.10 Å². The maximum atomic E-state index is 11.1. The lowest BCUT2D eigenvalue weighted by atomic mass is 10.0. The molecule has 0 bridgehead atoms. The molecule has 0 N–H and O–H groups in total. The second kappa shape index (κ2) is 6.39. The molecule has 0 aromatic heterocycles. The molecule has 1 rings (SSSR count). The molecular weight excluding hydrogens is 216 g/mol. The molecule has 0 radical (unpaired) electrons. The summed E-state index contributed by atoms with van der Waals surface area (Å²) >= 11 is 0. The van der Waals surface area contributed by atoms with Crippen LogP contribution >= 0.6 is 0 Å². The first kappa shape index (κ1) is 14.5. The number of hydrogen-bond donors (Lipinski definition) is 0. The third-order valence-corrected chi connectivity index (χ3v) is 3.33. The summed E-state index contributed by atoms with van der Waals surface area (Å²) in [6, 6.07) is 0. The Morgan fingerprint density at radius 3 is 2.65 bits per heavy atom. The molecule has 0 spiro atoms. The fourth-order valence-electron chi connectivity index (χ4n) is 2.41. The second-order valence-corrected chi connectivity index (χ2v) is 5.60. The number of esters is 1. The van der Waals surface area contributed by atoms with Gasteiger partial charge in [0.2, 0.25) is 0 Å². The van der Waals surface area contributed by atoms with E-state index in [0.717, 1.165) is 25.7 Å². The Hall–Kier alpha value is -0.570. The van der Waals surface area contributed by atoms with Gasteiger partial charge in [-0.25, -0.2) is 0 Å². The van der Waals surface area contributed by atoms with E-state index in [9.17, 15) is 4.79 Å². The van der Waals surface area contributed by atoms with Gasteiger partial charge < -0.3 is 9.47 Å². The highest BCUT2D eigenvalue weighted by Gasteiger charge is 2.37. The van der Waals surface area contributed by atoms with Gasteiger partial charge in [-0.1, -0.05) is 19.8 Å². The standard InChI is InChI=1S/C14H26O3/c1-5-6-7-8-12(16-11(2)15)13-9-10-14(3,4)17-13/h12-13H,5-10H2,1-4H3/t12-,13-/m1/s1. The SMILES string of the molecule is CCCCC[C@@H](OC(C)=O)[C@H]1CCC(C)(C)O1. The zero-order chi connectivity index (χ0) is 12.9. The van der Waals surface area contributed by atoms with E-state index in [-0.39, 0.29) is 23.8 Å². The van der Waals surface area contributed by atoms with Crippen molar-refractivity contribution >= 4 is 5.97 Å². The van der Waals surface area contributed by atoms with E-state index in [4.69, 9.17) is 9.47 Å². The highest BCUT2D eigenvalue weighted by molar-refractivity contribution is 5.66. The van der Waals surface area contributed by atoms with E-state index in [2.05, 4.69) is 20.8 Å². The Morgan fingerprint density at radius 2 is 2.18 bits per heavy atom. The van der Waals surface area contributed by atoms with Gasteiger partial charge >= 0.3 is 5.97 Å². The minimum Gasteiger partial charge on any atom is -0.460 e. The van der Waals surface area contributed by atoms with E-state index in [1.54, 1.807) is 0 Å². The van der Waals surface area contributed by atoms with E-state index in [0.29, 0.717) is 0 Å². The van der Waals surface area contributed by atoms with Crippen LogP contribution < -0.4 is 0 Å². The summed E-state index contributed by atoms with van der Waals surface area (Å²) in [7, 11) is 0. The molecule has 0 aromatic carbocycles. The van der Waals surface area contributed by atoms with Crippen LogP contribution in [0.1, 0.15) is 66.2 Å². The van der Waals surface area contributed by atoms with Crippen molar-refractivity contribution in [1.29, 1.82) is 0 Å². The lowest BCUT2D eigenvalue weighted by molar-refractivity contribution is -0.157. The lowest BCUT2D eigenvalue weighted by Crippen LogP contribution is -2.32. The highest BCUT2D eigenvalue weighted by Crippen LogP contribution is 2.33. The fraction of sp³-hybridized carbons (Fsp3) is 0.929. The van der Waals surface area contributed by atoms with E-state index in [1.165, 1.54) is 19.8 Å². The summed E-state index contributed by atoms with van der Waals surface area (Å²) < 4.78 is 11.4. The van der Waals surface area contributed by atoms with Crippen LogP contribution in [0.15, 0.2) is 0 Å². The molecule has 3 heteroatoms. The Bertz CT molecular complexity index is 248. The summed E-state index contributed by atoms with van der Waals surface area (Å²) in [5, 5.41) is 0. The van der Waals surface area contributed by atoms with Crippen molar-refractivity contribution in [3.8, 4) is 0 Å². The van der Waals surface area contributed by atoms with E-state index < -0.39 is 0 Å². The zero-order valence-corrected chi connectivity index (χ0v) is 11.6. The van der Waals surface area contributed by atoms with Crippen molar-refractivity contribution in [2.24, 2.45) is 0 Å². The zero-order valence-electron chi connectivity index (χ0n) is 11.6. The second-order valence-electron chi connectivity index (χ2n) is 5.60. The average Bonchev–Trinajstić information content (AvgIpc) is 2.57. The van der Waals surface area contributed by atoms with Crippen LogP contribution in [0.3, 0.4) is 0 Å². The van der Waals surface area contributed by atoms with Crippen molar-refractivity contribution in [3.63, 3.8) is 0 Å². The number of hydrogen-bond acceptors (Lipinski definition) is 3. The van der Waals surface area contributed by atoms with Gasteiger partial charge in [0.15, 0.2) is 0 Å². The van der Waals surface area contributed by atoms with Crippen LogP contribution in [0.5, 0.6) is 0 Å². The van der Waals surface area contributed by atoms with Crippen LogP contribution in [-0.2, 0) is 14.3 Å². The number of carbonyl (C=O) groups excluding carboxylic acids is 1. The quantitative estimate of drug-likeness (QED) is 0.528. The molecule has 100 valence electrons. The minimum atomic E-state index is -0.195. The predicted molar refractivity (Wildman–Crippen MR) is 67.9 cm³/mol. The molecule has 0 unspecified atom stereocenters. The van der Waals surface area contributed by atoms with Crippen molar-refractivity contribution in [3.05, 3.63) is 0 Å². The first-order valence-electron chi connectivity index (χ1n) is 6.79. The first-order valence-corrected chi connectivity index (χ1v) is 6.79.